The number of halogens is 3. The first-order chi connectivity index (χ1) is 8.63. The summed E-state index contributed by atoms with van der Waals surface area (Å²) in [6.07, 6.45) is 0.665. The van der Waals surface area contributed by atoms with Crippen LogP contribution >= 0.6 is 23.2 Å². The van der Waals surface area contributed by atoms with Gasteiger partial charge in [0.25, 0.3) is 0 Å². The molecule has 4 heteroatoms. The van der Waals surface area contributed by atoms with Gasteiger partial charge in [-0.05, 0) is 42.3 Å². The molecule has 2 aromatic rings. The lowest BCUT2D eigenvalue weighted by Crippen LogP contribution is -2.04. The quantitative estimate of drug-likeness (QED) is 0.893. The molecule has 2 rings (SSSR count). The highest BCUT2D eigenvalue weighted by Gasteiger charge is 2.11. The van der Waals surface area contributed by atoms with Crippen molar-refractivity contribution in [3.05, 3.63) is 57.8 Å². The van der Waals surface area contributed by atoms with Gasteiger partial charge in [-0.2, -0.15) is 0 Å². The number of rotatable bonds is 3. The van der Waals surface area contributed by atoms with Crippen LogP contribution < -0.4 is 5.73 Å². The molecule has 0 bridgehead atoms. The molecule has 18 heavy (non-hydrogen) atoms. The van der Waals surface area contributed by atoms with Crippen LogP contribution in [-0.2, 0) is 6.42 Å². The molecule has 0 amide bonds. The van der Waals surface area contributed by atoms with E-state index in [1.807, 2.05) is 6.07 Å². The lowest BCUT2D eigenvalue weighted by atomic mass is 9.97. The molecular formula is C14H12Cl2FN. The Morgan fingerprint density at radius 2 is 1.83 bits per heavy atom. The van der Waals surface area contributed by atoms with Crippen LogP contribution in [0.1, 0.15) is 5.56 Å². The minimum absolute atomic E-state index is 0.304. The average Bonchev–Trinajstić information content (AvgIpc) is 2.35. The Morgan fingerprint density at radius 1 is 1.06 bits per heavy atom. The van der Waals surface area contributed by atoms with E-state index in [0.717, 1.165) is 16.7 Å². The van der Waals surface area contributed by atoms with Crippen molar-refractivity contribution in [1.82, 2.24) is 0 Å². The maximum Gasteiger partial charge on any atom is 0.123 e. The van der Waals surface area contributed by atoms with Crippen molar-refractivity contribution in [2.24, 2.45) is 5.73 Å². The molecule has 0 radical (unpaired) electrons. The highest BCUT2D eigenvalue weighted by Crippen LogP contribution is 2.35. The van der Waals surface area contributed by atoms with Crippen LogP contribution in [0.2, 0.25) is 10.0 Å². The van der Waals surface area contributed by atoms with Gasteiger partial charge >= 0.3 is 0 Å². The molecule has 0 heterocycles. The zero-order valence-electron chi connectivity index (χ0n) is 9.59. The van der Waals surface area contributed by atoms with Gasteiger partial charge in [-0.25, -0.2) is 4.39 Å². The largest absolute Gasteiger partial charge is 0.330 e. The van der Waals surface area contributed by atoms with Crippen molar-refractivity contribution in [1.29, 1.82) is 0 Å². The van der Waals surface area contributed by atoms with Gasteiger partial charge in [-0.3, -0.25) is 0 Å². The first kappa shape index (κ1) is 13.3. The fraction of sp³-hybridized carbons (Fsp3) is 0.143. The summed E-state index contributed by atoms with van der Waals surface area (Å²) in [5.41, 5.74) is 7.99. The standard InChI is InChI=1S/C14H12Cl2FN/c15-13-3-1-2-11(14(13)16)12-8-10(17)5-4-9(12)6-7-18/h1-5,8H,6-7,18H2. The Morgan fingerprint density at radius 3 is 2.56 bits per heavy atom. The van der Waals surface area contributed by atoms with Gasteiger partial charge in [0.15, 0.2) is 0 Å². The van der Waals surface area contributed by atoms with Crippen molar-refractivity contribution in [3.63, 3.8) is 0 Å². The van der Waals surface area contributed by atoms with Gasteiger partial charge in [-0.15, -0.1) is 0 Å². The summed E-state index contributed by atoms with van der Waals surface area (Å²) < 4.78 is 13.4. The Kier molecular flexibility index (Phi) is 4.23. The van der Waals surface area contributed by atoms with Crippen LogP contribution in [0.15, 0.2) is 36.4 Å². The van der Waals surface area contributed by atoms with Gasteiger partial charge in [0.1, 0.15) is 5.82 Å². The van der Waals surface area contributed by atoms with Crippen LogP contribution in [0.3, 0.4) is 0 Å². The molecule has 0 saturated heterocycles. The van der Waals surface area contributed by atoms with E-state index in [0.29, 0.717) is 23.0 Å². The lowest BCUT2D eigenvalue weighted by molar-refractivity contribution is 0.627. The van der Waals surface area contributed by atoms with Crippen LogP contribution in [0.25, 0.3) is 11.1 Å². The fourth-order valence-electron chi connectivity index (χ4n) is 1.88. The fourth-order valence-corrected chi connectivity index (χ4v) is 2.29. The molecule has 0 aliphatic rings. The van der Waals surface area contributed by atoms with E-state index >= 15 is 0 Å². The van der Waals surface area contributed by atoms with Crippen molar-refractivity contribution in [2.75, 3.05) is 6.54 Å². The first-order valence-electron chi connectivity index (χ1n) is 5.56. The number of hydrogen-bond acceptors (Lipinski definition) is 1. The Hall–Kier alpha value is -1.09. The van der Waals surface area contributed by atoms with E-state index in [2.05, 4.69) is 0 Å². The smallest absolute Gasteiger partial charge is 0.123 e. The van der Waals surface area contributed by atoms with Gasteiger partial charge in [0, 0.05) is 5.56 Å². The minimum atomic E-state index is -0.304. The van der Waals surface area contributed by atoms with E-state index < -0.39 is 0 Å². The second-order valence-corrected chi connectivity index (χ2v) is 4.73. The molecular weight excluding hydrogens is 272 g/mol. The number of nitrogens with two attached hydrogens (primary N) is 1. The van der Waals surface area contributed by atoms with Crippen LogP contribution in [0.4, 0.5) is 4.39 Å². The topological polar surface area (TPSA) is 26.0 Å². The molecule has 0 unspecified atom stereocenters. The Bertz CT molecular complexity index is 570. The lowest BCUT2D eigenvalue weighted by Gasteiger charge is -2.11. The second-order valence-electron chi connectivity index (χ2n) is 3.94. The molecule has 1 nitrogen and oxygen atoms in total. The molecule has 0 atom stereocenters. The molecule has 0 saturated carbocycles. The van der Waals surface area contributed by atoms with Crippen LogP contribution in [0, 0.1) is 5.82 Å². The maximum atomic E-state index is 13.4. The normalized spacial score (nSPS) is 10.7. The summed E-state index contributed by atoms with van der Waals surface area (Å²) in [4.78, 5) is 0. The zero-order chi connectivity index (χ0) is 13.1. The third kappa shape index (κ3) is 2.66. The zero-order valence-corrected chi connectivity index (χ0v) is 11.1. The first-order valence-corrected chi connectivity index (χ1v) is 6.32. The summed E-state index contributed by atoms with van der Waals surface area (Å²) in [6.45, 7) is 0.497. The van der Waals surface area contributed by atoms with E-state index in [1.165, 1.54) is 12.1 Å². The molecule has 0 fully saturated rings. The summed E-state index contributed by atoms with van der Waals surface area (Å²) in [5, 5.41) is 0.889. The second kappa shape index (κ2) is 5.70. The van der Waals surface area contributed by atoms with Crippen molar-refractivity contribution in [2.45, 2.75) is 6.42 Å². The molecule has 94 valence electrons. The average molecular weight is 284 g/mol. The van der Waals surface area contributed by atoms with Crippen molar-refractivity contribution >= 4 is 23.2 Å². The Labute approximate surface area is 115 Å². The monoisotopic (exact) mass is 283 g/mol. The van der Waals surface area contributed by atoms with Gasteiger partial charge in [0.05, 0.1) is 10.0 Å². The van der Waals surface area contributed by atoms with E-state index in [1.54, 1.807) is 18.2 Å². The molecule has 2 aromatic carbocycles. The van der Waals surface area contributed by atoms with E-state index in [4.69, 9.17) is 28.9 Å². The summed E-state index contributed by atoms with van der Waals surface area (Å²) >= 11 is 12.1. The molecule has 0 spiro atoms. The van der Waals surface area contributed by atoms with Crippen molar-refractivity contribution < 1.29 is 4.39 Å². The third-order valence-electron chi connectivity index (χ3n) is 2.73. The summed E-state index contributed by atoms with van der Waals surface area (Å²) in [6, 6.07) is 9.93. The van der Waals surface area contributed by atoms with Crippen LogP contribution in [-0.4, -0.2) is 6.54 Å². The minimum Gasteiger partial charge on any atom is -0.330 e. The van der Waals surface area contributed by atoms with Crippen molar-refractivity contribution in [3.8, 4) is 11.1 Å². The van der Waals surface area contributed by atoms with E-state index in [9.17, 15) is 4.39 Å². The van der Waals surface area contributed by atoms with Gasteiger partial charge < -0.3 is 5.73 Å². The van der Waals surface area contributed by atoms with Gasteiger partial charge in [-0.1, -0.05) is 41.4 Å². The van der Waals surface area contributed by atoms with Gasteiger partial charge in [0.2, 0.25) is 0 Å². The predicted octanol–water partition coefficient (Wildman–Crippen LogP) is 4.30. The molecule has 0 aliphatic heterocycles. The number of benzene rings is 2. The number of hydrogen-bond donors (Lipinski definition) is 1. The summed E-state index contributed by atoms with van der Waals surface area (Å²) in [5.74, 6) is -0.304. The van der Waals surface area contributed by atoms with E-state index in [-0.39, 0.29) is 5.82 Å². The SMILES string of the molecule is NCCc1ccc(F)cc1-c1cccc(Cl)c1Cl. The molecule has 0 aromatic heterocycles. The highest BCUT2D eigenvalue weighted by molar-refractivity contribution is 6.43. The summed E-state index contributed by atoms with van der Waals surface area (Å²) in [7, 11) is 0. The maximum absolute atomic E-state index is 13.4. The molecule has 2 N–H and O–H groups in total. The third-order valence-corrected chi connectivity index (χ3v) is 3.55. The molecule has 0 aliphatic carbocycles. The highest BCUT2D eigenvalue weighted by atomic mass is 35.5. The predicted molar refractivity (Wildman–Crippen MR) is 74.6 cm³/mol. The van der Waals surface area contributed by atoms with Crippen LogP contribution in [0.5, 0.6) is 0 Å². The Balaban J connectivity index is 2.61.